The standard InChI is InChI=1S/C36H30N8O8S4/c1-23-11-13-29(14-12-23)56(49,50)44-34(40-42-36(44)54-21-31(45)37-27-8-4-3-5-9-27)26-18-30(52-20-26)24-7-6-10-28(17-24)38-32(46)22-53-35-41-39-33(25-15-16-51-19-25)43(35)55(2,47)48/h3-20H,21-22H2,1-2H3,(H,37,45)(H,38,46). The van der Waals surface area contributed by atoms with Crippen molar-refractivity contribution in [3.05, 3.63) is 115 Å². The molecule has 16 nitrogen and oxygen atoms in total. The maximum absolute atomic E-state index is 14.1. The molecule has 0 bridgehead atoms. The van der Waals surface area contributed by atoms with Gasteiger partial charge >= 0.3 is 0 Å². The van der Waals surface area contributed by atoms with Gasteiger partial charge in [-0.2, -0.15) is 7.94 Å². The summed E-state index contributed by atoms with van der Waals surface area (Å²) in [6, 6.07) is 25.1. The Hall–Kier alpha value is -5.96. The molecule has 2 N–H and O–H groups in total. The van der Waals surface area contributed by atoms with Crippen molar-refractivity contribution in [2.24, 2.45) is 0 Å². The molecule has 4 aromatic heterocycles. The lowest BCUT2D eigenvalue weighted by Gasteiger charge is -2.11. The van der Waals surface area contributed by atoms with Crippen LogP contribution in [0.4, 0.5) is 11.4 Å². The van der Waals surface area contributed by atoms with Crippen LogP contribution >= 0.6 is 23.5 Å². The summed E-state index contributed by atoms with van der Waals surface area (Å²) < 4.78 is 66.2. The zero-order valence-electron chi connectivity index (χ0n) is 29.4. The van der Waals surface area contributed by atoms with E-state index in [4.69, 9.17) is 8.83 Å². The van der Waals surface area contributed by atoms with Crippen LogP contribution in [0.25, 0.3) is 34.1 Å². The van der Waals surface area contributed by atoms with Crippen molar-refractivity contribution in [3.8, 4) is 34.1 Å². The number of furan rings is 2. The van der Waals surface area contributed by atoms with E-state index in [-0.39, 0.29) is 44.3 Å². The Labute approximate surface area is 328 Å². The van der Waals surface area contributed by atoms with E-state index >= 15 is 0 Å². The van der Waals surface area contributed by atoms with Gasteiger partial charge in [0.2, 0.25) is 32.2 Å². The first-order chi connectivity index (χ1) is 26.9. The van der Waals surface area contributed by atoms with E-state index in [1.165, 1.54) is 30.9 Å². The van der Waals surface area contributed by atoms with Gasteiger partial charge in [0.25, 0.3) is 10.0 Å². The number of aromatic nitrogens is 6. The van der Waals surface area contributed by atoms with Crippen molar-refractivity contribution in [1.29, 1.82) is 0 Å². The zero-order chi connectivity index (χ0) is 39.5. The normalized spacial score (nSPS) is 11.8. The maximum atomic E-state index is 14.1. The number of rotatable bonds is 14. The molecule has 0 unspecified atom stereocenters. The molecule has 3 aromatic carbocycles. The van der Waals surface area contributed by atoms with Crippen LogP contribution in [0.15, 0.2) is 134 Å². The van der Waals surface area contributed by atoms with Crippen LogP contribution < -0.4 is 10.6 Å². The molecule has 0 aliphatic rings. The topological polar surface area (TPSA) is 214 Å². The highest BCUT2D eigenvalue weighted by Gasteiger charge is 2.29. The summed E-state index contributed by atoms with van der Waals surface area (Å²) in [5, 5.41) is 21.8. The number of nitrogens with one attached hydrogen (secondary N) is 2. The number of para-hydroxylation sites is 1. The Morgan fingerprint density at radius 2 is 1.30 bits per heavy atom. The largest absolute Gasteiger partial charge is 0.472 e. The predicted octanol–water partition coefficient (Wildman–Crippen LogP) is 5.87. The van der Waals surface area contributed by atoms with Crippen molar-refractivity contribution in [1.82, 2.24) is 28.3 Å². The first-order valence-electron chi connectivity index (χ1n) is 16.4. The lowest BCUT2D eigenvalue weighted by atomic mass is 10.1. The highest BCUT2D eigenvalue weighted by atomic mass is 32.2. The Kier molecular flexibility index (Phi) is 11.0. The summed E-state index contributed by atoms with van der Waals surface area (Å²) in [4.78, 5) is 25.8. The Morgan fingerprint density at radius 3 is 1.95 bits per heavy atom. The van der Waals surface area contributed by atoms with E-state index in [2.05, 4.69) is 31.0 Å². The highest BCUT2D eigenvalue weighted by molar-refractivity contribution is 8.00. The number of hydrogen-bond acceptors (Lipinski definition) is 14. The number of amides is 2. The van der Waals surface area contributed by atoms with Gasteiger partial charge in [-0.05, 0) is 55.5 Å². The van der Waals surface area contributed by atoms with Crippen molar-refractivity contribution in [2.45, 2.75) is 22.1 Å². The van der Waals surface area contributed by atoms with Gasteiger partial charge < -0.3 is 19.5 Å². The van der Waals surface area contributed by atoms with Crippen molar-refractivity contribution >= 4 is 66.8 Å². The molecule has 7 aromatic rings. The van der Waals surface area contributed by atoms with E-state index in [9.17, 15) is 26.4 Å². The molecule has 0 spiro atoms. The van der Waals surface area contributed by atoms with Crippen LogP contribution in [-0.2, 0) is 29.6 Å². The number of aryl methyl sites for hydroxylation is 1. The molecule has 0 saturated heterocycles. The zero-order valence-corrected chi connectivity index (χ0v) is 32.7. The third-order valence-corrected chi connectivity index (χ3v) is 12.7. The predicted molar refractivity (Wildman–Crippen MR) is 210 cm³/mol. The second-order valence-corrected chi connectivity index (χ2v) is 17.6. The van der Waals surface area contributed by atoms with Gasteiger partial charge in [0.05, 0.1) is 40.0 Å². The minimum absolute atomic E-state index is 0.0000170. The van der Waals surface area contributed by atoms with Crippen LogP contribution in [0.1, 0.15) is 5.56 Å². The molecule has 0 aliphatic carbocycles. The van der Waals surface area contributed by atoms with Crippen molar-refractivity contribution in [3.63, 3.8) is 0 Å². The molecule has 56 heavy (non-hydrogen) atoms. The first-order valence-corrected chi connectivity index (χ1v) is 21.7. The Morgan fingerprint density at radius 1 is 0.679 bits per heavy atom. The van der Waals surface area contributed by atoms with Gasteiger partial charge in [-0.3, -0.25) is 9.59 Å². The van der Waals surface area contributed by atoms with E-state index in [1.54, 1.807) is 72.8 Å². The summed E-state index contributed by atoms with van der Waals surface area (Å²) in [6.07, 6.45) is 5.07. The van der Waals surface area contributed by atoms with Gasteiger partial charge in [-0.1, -0.05) is 71.6 Å². The maximum Gasteiger partial charge on any atom is 0.271 e. The average molecular weight is 831 g/mol. The summed E-state index contributed by atoms with van der Waals surface area (Å²) >= 11 is 1.80. The monoisotopic (exact) mass is 830 g/mol. The Balaban J connectivity index is 1.10. The van der Waals surface area contributed by atoms with Gasteiger partial charge in [0.1, 0.15) is 18.3 Å². The number of nitrogens with zero attached hydrogens (tertiary/aromatic N) is 6. The van der Waals surface area contributed by atoms with Gasteiger partial charge in [0.15, 0.2) is 11.6 Å². The SMILES string of the molecule is Cc1ccc(S(=O)(=O)n2c(SCC(=O)Nc3ccccc3)nnc2-c2coc(-c3cccc(NC(=O)CSc4nnc(-c5ccoc5)n4S(C)(=O)=O)c3)c2)cc1. The van der Waals surface area contributed by atoms with Crippen molar-refractivity contribution < 1.29 is 35.3 Å². The Bertz CT molecular complexity index is 2750. The van der Waals surface area contributed by atoms with Crippen LogP contribution in [0, 0.1) is 6.92 Å². The molecule has 7 rings (SSSR count). The van der Waals surface area contributed by atoms with Crippen LogP contribution in [0.5, 0.6) is 0 Å². The molecular formula is C36H30N8O8S4. The molecule has 0 saturated carbocycles. The highest BCUT2D eigenvalue weighted by Crippen LogP contribution is 2.34. The minimum Gasteiger partial charge on any atom is -0.472 e. The molecule has 0 radical (unpaired) electrons. The summed E-state index contributed by atoms with van der Waals surface area (Å²) in [5.41, 5.74) is 3.12. The molecule has 0 atom stereocenters. The van der Waals surface area contributed by atoms with Crippen molar-refractivity contribution in [2.75, 3.05) is 28.4 Å². The molecule has 2 amide bonds. The molecular weight excluding hydrogens is 801 g/mol. The lowest BCUT2D eigenvalue weighted by Crippen LogP contribution is -2.18. The third kappa shape index (κ3) is 8.47. The fourth-order valence-electron chi connectivity index (χ4n) is 5.30. The molecule has 0 aliphatic heterocycles. The summed E-state index contributed by atoms with van der Waals surface area (Å²) in [5.74, 6) is -0.790. The minimum atomic E-state index is -4.25. The fraction of sp³-hybridized carbons (Fsp3) is 0.111. The number of benzene rings is 3. The molecule has 286 valence electrons. The van der Waals surface area contributed by atoms with Crippen LogP contribution in [0.2, 0.25) is 0 Å². The summed E-state index contributed by atoms with van der Waals surface area (Å²) in [7, 11) is -8.07. The number of thioether (sulfide) groups is 2. The van der Waals surface area contributed by atoms with Crippen LogP contribution in [-0.4, -0.2) is 74.8 Å². The van der Waals surface area contributed by atoms with E-state index in [1.807, 2.05) is 13.0 Å². The number of hydrogen-bond donors (Lipinski definition) is 2. The average Bonchev–Trinajstić information content (AvgIpc) is 4.00. The third-order valence-electron chi connectivity index (χ3n) is 7.87. The van der Waals surface area contributed by atoms with Gasteiger partial charge in [-0.15, -0.1) is 20.4 Å². The van der Waals surface area contributed by atoms with Gasteiger partial charge in [-0.25, -0.2) is 16.8 Å². The fourth-order valence-corrected chi connectivity index (χ4v) is 9.67. The summed E-state index contributed by atoms with van der Waals surface area (Å²) in [6.45, 7) is 1.84. The second-order valence-electron chi connectivity index (χ2n) is 12.1. The lowest BCUT2D eigenvalue weighted by molar-refractivity contribution is -0.114. The van der Waals surface area contributed by atoms with Crippen LogP contribution in [0.3, 0.4) is 0 Å². The molecule has 20 heteroatoms. The smallest absolute Gasteiger partial charge is 0.271 e. The van der Waals surface area contributed by atoms with E-state index < -0.39 is 26.0 Å². The van der Waals surface area contributed by atoms with E-state index in [0.717, 1.165) is 43.3 Å². The molecule has 0 fully saturated rings. The number of carbonyl (C=O) groups is 2. The number of anilines is 2. The first kappa shape index (κ1) is 38.3. The molecule has 4 heterocycles. The van der Waals surface area contributed by atoms with E-state index in [0.29, 0.717) is 33.8 Å². The number of carbonyl (C=O) groups excluding carboxylic acids is 2. The quantitative estimate of drug-likeness (QED) is 0.123. The second kappa shape index (κ2) is 16.0. The van der Waals surface area contributed by atoms with Gasteiger partial charge in [0, 0.05) is 16.9 Å².